The van der Waals surface area contributed by atoms with Gasteiger partial charge in [0.25, 0.3) is 5.56 Å². The smallest absolute Gasteiger partial charge is 0.265 e. The van der Waals surface area contributed by atoms with Crippen LogP contribution in [0.4, 0.5) is 0 Å². The average Bonchev–Trinajstić information content (AvgIpc) is 2.98. The van der Waals surface area contributed by atoms with E-state index in [1.165, 1.54) is 0 Å². The van der Waals surface area contributed by atoms with Gasteiger partial charge in [-0.25, -0.2) is 0 Å². The molecule has 17 heavy (non-hydrogen) atoms. The number of para-hydroxylation sites is 1. The number of nitrogens with zero attached hydrogens (tertiary/aromatic N) is 1. The molecule has 0 spiro atoms. The molecule has 84 valence electrons. The van der Waals surface area contributed by atoms with Crippen molar-refractivity contribution in [1.82, 2.24) is 9.78 Å². The first-order valence-corrected chi connectivity index (χ1v) is 6.14. The van der Waals surface area contributed by atoms with E-state index in [1.807, 2.05) is 52.5 Å². The quantitative estimate of drug-likeness (QED) is 0.737. The maximum Gasteiger partial charge on any atom is 0.265 e. The van der Waals surface area contributed by atoms with Crippen molar-refractivity contribution in [2.24, 2.45) is 0 Å². The molecule has 3 rings (SSSR count). The molecule has 0 fully saturated rings. The minimum atomic E-state index is -0.0859. The van der Waals surface area contributed by atoms with E-state index in [0.717, 1.165) is 16.3 Å². The monoisotopic (exact) mass is 242 g/mol. The van der Waals surface area contributed by atoms with Gasteiger partial charge in [-0.2, -0.15) is 0 Å². The molecule has 0 atom stereocenters. The highest BCUT2D eigenvalue weighted by Gasteiger charge is 2.08. The number of benzene rings is 1. The van der Waals surface area contributed by atoms with Gasteiger partial charge >= 0.3 is 0 Å². The molecule has 0 aliphatic carbocycles. The largest absolute Gasteiger partial charge is 0.268 e. The van der Waals surface area contributed by atoms with Gasteiger partial charge in [-0.15, -0.1) is 11.3 Å². The Hall–Kier alpha value is -2.07. The van der Waals surface area contributed by atoms with E-state index >= 15 is 0 Å². The van der Waals surface area contributed by atoms with Crippen molar-refractivity contribution in [3.8, 4) is 16.3 Å². The molecule has 0 unspecified atom stereocenters. The Labute approximate surface area is 102 Å². The summed E-state index contributed by atoms with van der Waals surface area (Å²) < 4.78 is 1.81. The summed E-state index contributed by atoms with van der Waals surface area (Å²) in [7, 11) is 0. The van der Waals surface area contributed by atoms with Crippen molar-refractivity contribution < 1.29 is 0 Å². The summed E-state index contributed by atoms with van der Waals surface area (Å²) in [6.45, 7) is 0. The molecule has 0 saturated heterocycles. The number of aromatic nitrogens is 2. The number of H-pyrrole nitrogens is 1. The minimum absolute atomic E-state index is 0.0859. The van der Waals surface area contributed by atoms with Crippen molar-refractivity contribution in [1.29, 1.82) is 0 Å². The van der Waals surface area contributed by atoms with Crippen molar-refractivity contribution in [3.05, 3.63) is 64.3 Å². The van der Waals surface area contributed by atoms with Crippen LogP contribution in [0.5, 0.6) is 0 Å². The molecular formula is C13H10N2OS. The van der Waals surface area contributed by atoms with Gasteiger partial charge in [-0.05, 0) is 23.6 Å². The number of rotatable bonds is 2. The molecule has 2 heterocycles. The van der Waals surface area contributed by atoms with E-state index in [2.05, 4.69) is 5.10 Å². The highest BCUT2D eigenvalue weighted by molar-refractivity contribution is 7.13. The molecule has 0 aliphatic heterocycles. The van der Waals surface area contributed by atoms with Crippen molar-refractivity contribution in [2.75, 3.05) is 0 Å². The van der Waals surface area contributed by atoms with E-state index in [4.69, 9.17) is 0 Å². The Morgan fingerprint density at radius 2 is 1.88 bits per heavy atom. The molecule has 0 saturated carbocycles. The highest BCUT2D eigenvalue weighted by Crippen LogP contribution is 2.25. The van der Waals surface area contributed by atoms with E-state index in [9.17, 15) is 4.79 Å². The first-order chi connectivity index (χ1) is 8.34. The van der Waals surface area contributed by atoms with E-state index in [1.54, 1.807) is 17.4 Å². The van der Waals surface area contributed by atoms with Crippen LogP contribution >= 0.6 is 11.3 Å². The molecule has 0 aliphatic rings. The molecule has 1 N–H and O–H groups in total. The van der Waals surface area contributed by atoms with Crippen molar-refractivity contribution >= 4 is 11.3 Å². The summed E-state index contributed by atoms with van der Waals surface area (Å²) in [6.07, 6.45) is 0. The van der Waals surface area contributed by atoms with Crippen molar-refractivity contribution in [2.45, 2.75) is 0 Å². The zero-order valence-corrected chi connectivity index (χ0v) is 9.78. The topological polar surface area (TPSA) is 37.8 Å². The Morgan fingerprint density at radius 3 is 2.59 bits per heavy atom. The third-order valence-electron chi connectivity index (χ3n) is 2.52. The number of thiophene rings is 1. The second-order valence-corrected chi connectivity index (χ2v) is 4.60. The molecule has 1 aromatic carbocycles. The zero-order chi connectivity index (χ0) is 11.7. The Balaban J connectivity index is 2.22. The molecule has 0 radical (unpaired) electrons. The first kappa shape index (κ1) is 10.1. The zero-order valence-electron chi connectivity index (χ0n) is 8.96. The van der Waals surface area contributed by atoms with Crippen LogP contribution < -0.4 is 5.56 Å². The second-order valence-electron chi connectivity index (χ2n) is 3.65. The van der Waals surface area contributed by atoms with Crippen LogP contribution in [0.2, 0.25) is 0 Å². The number of aromatic amines is 1. The number of nitrogens with one attached hydrogen (secondary N) is 1. The highest BCUT2D eigenvalue weighted by atomic mass is 32.1. The Morgan fingerprint density at radius 1 is 1.06 bits per heavy atom. The van der Waals surface area contributed by atoms with E-state index in [0.29, 0.717) is 0 Å². The standard InChI is InChI=1S/C13H10N2OS/c16-13-9-11(12-7-4-8-17-12)15(14-13)10-5-2-1-3-6-10/h1-9H,(H,14,16). The van der Waals surface area contributed by atoms with Crippen LogP contribution in [-0.2, 0) is 0 Å². The molecule has 4 heteroatoms. The summed E-state index contributed by atoms with van der Waals surface area (Å²) in [5, 5.41) is 4.82. The summed E-state index contributed by atoms with van der Waals surface area (Å²) in [6, 6.07) is 15.4. The summed E-state index contributed by atoms with van der Waals surface area (Å²) >= 11 is 1.62. The third kappa shape index (κ3) is 1.83. The molecule has 3 aromatic rings. The molecule has 0 bridgehead atoms. The molecule has 3 nitrogen and oxygen atoms in total. The molecule has 0 amide bonds. The van der Waals surface area contributed by atoms with Gasteiger partial charge in [0.15, 0.2) is 0 Å². The van der Waals surface area contributed by atoms with Crippen LogP contribution in [0.3, 0.4) is 0 Å². The van der Waals surface area contributed by atoms with Crippen molar-refractivity contribution in [3.63, 3.8) is 0 Å². The van der Waals surface area contributed by atoms with Crippen LogP contribution in [0, 0.1) is 0 Å². The van der Waals surface area contributed by atoms with Gasteiger partial charge in [0.1, 0.15) is 0 Å². The second kappa shape index (κ2) is 4.07. The first-order valence-electron chi connectivity index (χ1n) is 5.26. The minimum Gasteiger partial charge on any atom is -0.268 e. The van der Waals surface area contributed by atoms with Crippen LogP contribution in [0.1, 0.15) is 0 Å². The maximum atomic E-state index is 11.5. The van der Waals surface area contributed by atoms with E-state index in [-0.39, 0.29) is 5.56 Å². The number of hydrogen-bond donors (Lipinski definition) is 1. The summed E-state index contributed by atoms with van der Waals surface area (Å²) in [5.41, 5.74) is 1.77. The summed E-state index contributed by atoms with van der Waals surface area (Å²) in [5.74, 6) is 0. The molecular weight excluding hydrogens is 232 g/mol. The van der Waals surface area contributed by atoms with Gasteiger partial charge in [0, 0.05) is 6.07 Å². The number of hydrogen-bond acceptors (Lipinski definition) is 2. The SMILES string of the molecule is O=c1cc(-c2cccs2)n(-c2ccccc2)[nH]1. The van der Waals surface area contributed by atoms with Gasteiger partial charge in [0.05, 0.1) is 16.3 Å². The van der Waals surface area contributed by atoms with E-state index < -0.39 is 0 Å². The van der Waals surface area contributed by atoms with Gasteiger partial charge < -0.3 is 0 Å². The average molecular weight is 242 g/mol. The lowest BCUT2D eigenvalue weighted by Gasteiger charge is -2.06. The predicted molar refractivity (Wildman–Crippen MR) is 69.7 cm³/mol. The maximum absolute atomic E-state index is 11.5. The predicted octanol–water partition coefficient (Wildman–Crippen LogP) is 2.89. The van der Waals surface area contributed by atoms with Crippen LogP contribution in [0.15, 0.2) is 58.7 Å². The Kier molecular flexibility index (Phi) is 2.42. The lowest BCUT2D eigenvalue weighted by atomic mass is 10.3. The fraction of sp³-hybridized carbons (Fsp3) is 0. The van der Waals surface area contributed by atoms with Gasteiger partial charge in [0.2, 0.25) is 0 Å². The van der Waals surface area contributed by atoms with Crippen LogP contribution in [0.25, 0.3) is 16.3 Å². The lowest BCUT2D eigenvalue weighted by Crippen LogP contribution is -2.03. The third-order valence-corrected chi connectivity index (χ3v) is 3.41. The van der Waals surface area contributed by atoms with Gasteiger partial charge in [-0.3, -0.25) is 14.6 Å². The molecule has 2 aromatic heterocycles. The van der Waals surface area contributed by atoms with Gasteiger partial charge in [-0.1, -0.05) is 24.3 Å². The fourth-order valence-corrected chi connectivity index (χ4v) is 2.51. The lowest BCUT2D eigenvalue weighted by molar-refractivity contribution is 0.872. The normalized spacial score (nSPS) is 10.6. The Bertz CT molecular complexity index is 665. The summed E-state index contributed by atoms with van der Waals surface area (Å²) in [4.78, 5) is 12.6. The fourth-order valence-electron chi connectivity index (χ4n) is 1.78. The van der Waals surface area contributed by atoms with Crippen LogP contribution in [-0.4, -0.2) is 9.78 Å².